The van der Waals surface area contributed by atoms with Gasteiger partial charge < -0.3 is 9.53 Å². The van der Waals surface area contributed by atoms with Gasteiger partial charge >= 0.3 is 0 Å². The molecule has 0 spiro atoms. The second-order valence-corrected chi connectivity index (χ2v) is 6.48. The first-order chi connectivity index (χ1) is 11.6. The second kappa shape index (κ2) is 6.93. The van der Waals surface area contributed by atoms with Crippen molar-refractivity contribution in [2.24, 2.45) is 0 Å². The molecule has 0 aliphatic heterocycles. The minimum absolute atomic E-state index is 0.420. The van der Waals surface area contributed by atoms with Crippen molar-refractivity contribution in [2.75, 3.05) is 0 Å². The summed E-state index contributed by atoms with van der Waals surface area (Å²) in [6, 6.07) is 12.0. The van der Waals surface area contributed by atoms with Gasteiger partial charge in [-0.05, 0) is 43.5 Å². The Morgan fingerprint density at radius 2 is 1.83 bits per heavy atom. The first-order valence-electron chi connectivity index (χ1n) is 7.69. The van der Waals surface area contributed by atoms with Gasteiger partial charge in [0, 0.05) is 23.5 Å². The van der Waals surface area contributed by atoms with E-state index in [1.807, 2.05) is 57.2 Å². The number of carbonyl (C=O) groups excluding carboxylic acids is 1. The second-order valence-electron chi connectivity index (χ2n) is 5.77. The molecule has 3 aromatic rings. The predicted octanol–water partition coefficient (Wildman–Crippen LogP) is 4.66. The summed E-state index contributed by atoms with van der Waals surface area (Å²) in [7, 11) is 0. The van der Waals surface area contributed by atoms with E-state index in [4.69, 9.17) is 4.74 Å². The third-order valence-electron chi connectivity index (χ3n) is 3.85. The molecular weight excluding hydrogens is 320 g/mol. The number of nitrogens with zero attached hydrogens (tertiary/aromatic N) is 2. The molecule has 0 aliphatic rings. The van der Waals surface area contributed by atoms with E-state index in [9.17, 15) is 4.79 Å². The minimum Gasteiger partial charge on any atom is -0.430 e. The van der Waals surface area contributed by atoms with Gasteiger partial charge in [0.05, 0.1) is 0 Å². The molecule has 0 atom stereocenters. The molecule has 5 heteroatoms. The van der Waals surface area contributed by atoms with E-state index in [0.717, 1.165) is 34.3 Å². The zero-order chi connectivity index (χ0) is 17.1. The van der Waals surface area contributed by atoms with Crippen LogP contribution in [0.3, 0.4) is 0 Å². The van der Waals surface area contributed by atoms with E-state index in [1.165, 1.54) is 17.1 Å². The van der Waals surface area contributed by atoms with Crippen LogP contribution < -0.4 is 4.74 Å². The van der Waals surface area contributed by atoms with E-state index in [-0.39, 0.29) is 0 Å². The van der Waals surface area contributed by atoms with Gasteiger partial charge in [0.1, 0.15) is 12.0 Å². The van der Waals surface area contributed by atoms with Crippen LogP contribution in [0.2, 0.25) is 0 Å². The Balaban J connectivity index is 1.83. The van der Waals surface area contributed by atoms with E-state index in [2.05, 4.69) is 9.36 Å². The number of rotatable bonds is 5. The molecule has 0 unspecified atom stereocenters. The fraction of sp³-hybridized carbons (Fsp3) is 0.211. The number of carbonyl (C=O) groups is 1. The molecule has 4 nitrogen and oxygen atoms in total. The molecule has 0 aliphatic carbocycles. The summed E-state index contributed by atoms with van der Waals surface area (Å²) < 4.78 is 10.3. The Hall–Kier alpha value is -2.53. The van der Waals surface area contributed by atoms with Crippen LogP contribution in [0.4, 0.5) is 0 Å². The van der Waals surface area contributed by atoms with Crippen molar-refractivity contribution in [3.8, 4) is 22.3 Å². The fourth-order valence-electron chi connectivity index (χ4n) is 2.43. The van der Waals surface area contributed by atoms with Gasteiger partial charge in [0.15, 0.2) is 5.82 Å². The van der Waals surface area contributed by atoms with Crippen LogP contribution >= 0.6 is 11.5 Å². The minimum atomic E-state index is 0.420. The summed E-state index contributed by atoms with van der Waals surface area (Å²) in [5, 5.41) is 0.510. The average Bonchev–Trinajstić information content (AvgIpc) is 3.01. The fourth-order valence-corrected chi connectivity index (χ4v) is 3.00. The van der Waals surface area contributed by atoms with Crippen LogP contribution in [-0.2, 0) is 11.2 Å². The third kappa shape index (κ3) is 3.51. The van der Waals surface area contributed by atoms with Crippen molar-refractivity contribution in [1.82, 2.24) is 9.36 Å². The lowest BCUT2D eigenvalue weighted by molar-refractivity contribution is -0.107. The maximum atomic E-state index is 10.7. The summed E-state index contributed by atoms with van der Waals surface area (Å²) in [4.78, 5) is 15.2. The number of aldehydes is 1. The highest BCUT2D eigenvalue weighted by molar-refractivity contribution is 7.07. The van der Waals surface area contributed by atoms with E-state index in [0.29, 0.717) is 17.4 Å². The van der Waals surface area contributed by atoms with Gasteiger partial charge in [-0.1, -0.05) is 35.9 Å². The highest BCUT2D eigenvalue weighted by Crippen LogP contribution is 2.31. The number of hydrogen-bond donors (Lipinski definition) is 0. The maximum Gasteiger partial charge on any atom is 0.299 e. The predicted molar refractivity (Wildman–Crippen MR) is 95.8 cm³/mol. The van der Waals surface area contributed by atoms with Gasteiger partial charge in [-0.25, -0.2) is 0 Å². The van der Waals surface area contributed by atoms with E-state index in [1.54, 1.807) is 0 Å². The van der Waals surface area contributed by atoms with Crippen molar-refractivity contribution < 1.29 is 9.53 Å². The number of aromatic nitrogens is 2. The Labute approximate surface area is 145 Å². The highest BCUT2D eigenvalue weighted by Gasteiger charge is 2.11. The molecule has 3 rings (SSSR count). The summed E-state index contributed by atoms with van der Waals surface area (Å²) in [6.45, 7) is 5.99. The van der Waals surface area contributed by atoms with Crippen LogP contribution in [0.1, 0.15) is 22.3 Å². The normalized spacial score (nSPS) is 10.6. The molecule has 0 saturated carbocycles. The molecule has 0 radical (unpaired) electrons. The number of benzene rings is 2. The molecule has 1 aromatic heterocycles. The van der Waals surface area contributed by atoms with Crippen molar-refractivity contribution >= 4 is 17.8 Å². The molecule has 2 aromatic carbocycles. The molecular formula is C19H18N2O2S. The molecule has 0 bridgehead atoms. The number of hydrogen-bond acceptors (Lipinski definition) is 5. The Morgan fingerprint density at radius 3 is 2.54 bits per heavy atom. The van der Waals surface area contributed by atoms with Gasteiger partial charge in [0.2, 0.25) is 0 Å². The lowest BCUT2D eigenvalue weighted by Gasteiger charge is -2.10. The molecule has 1 heterocycles. The molecule has 122 valence electrons. The van der Waals surface area contributed by atoms with Gasteiger partial charge in [-0.15, -0.1) is 0 Å². The summed E-state index contributed by atoms with van der Waals surface area (Å²) in [5.41, 5.74) is 5.20. The van der Waals surface area contributed by atoms with E-state index < -0.39 is 0 Å². The van der Waals surface area contributed by atoms with Crippen molar-refractivity contribution in [3.63, 3.8) is 0 Å². The number of aryl methyl sites for hydroxylation is 3. The van der Waals surface area contributed by atoms with Crippen LogP contribution in [0.15, 0.2) is 36.4 Å². The summed E-state index contributed by atoms with van der Waals surface area (Å²) in [5.74, 6) is 1.41. The first-order valence-corrected chi connectivity index (χ1v) is 8.46. The van der Waals surface area contributed by atoms with Gasteiger partial charge in [-0.3, -0.25) is 0 Å². The zero-order valence-corrected chi connectivity index (χ0v) is 14.7. The van der Waals surface area contributed by atoms with Crippen molar-refractivity contribution in [2.45, 2.75) is 27.2 Å². The SMILES string of the molecule is Cc1ccc(-c2nsc(Oc3cc(C)c(CC=O)cc3C)n2)cc1. The Bertz CT molecular complexity index is 870. The average molecular weight is 338 g/mol. The molecule has 0 saturated heterocycles. The Kier molecular flexibility index (Phi) is 4.71. The maximum absolute atomic E-state index is 10.7. The first kappa shape index (κ1) is 16.3. The smallest absolute Gasteiger partial charge is 0.299 e. The zero-order valence-electron chi connectivity index (χ0n) is 13.9. The van der Waals surface area contributed by atoms with Crippen molar-refractivity contribution in [3.05, 3.63) is 58.7 Å². The standard InChI is InChI=1S/C19H18N2O2S/c1-12-4-6-15(7-5-12)18-20-19(24-21-18)23-17-11-13(2)16(8-9-22)10-14(17)3/h4-7,9-11H,8H2,1-3H3. The summed E-state index contributed by atoms with van der Waals surface area (Å²) >= 11 is 1.23. The van der Waals surface area contributed by atoms with E-state index >= 15 is 0 Å². The molecule has 0 amide bonds. The van der Waals surface area contributed by atoms with Gasteiger partial charge in [0.25, 0.3) is 5.19 Å². The lowest BCUT2D eigenvalue weighted by atomic mass is 10.0. The monoisotopic (exact) mass is 338 g/mol. The number of ether oxygens (including phenoxy) is 1. The third-order valence-corrected chi connectivity index (χ3v) is 4.45. The quantitative estimate of drug-likeness (QED) is 0.635. The Morgan fingerprint density at radius 1 is 1.08 bits per heavy atom. The van der Waals surface area contributed by atoms with Crippen LogP contribution in [0.25, 0.3) is 11.4 Å². The molecule has 24 heavy (non-hydrogen) atoms. The van der Waals surface area contributed by atoms with Crippen molar-refractivity contribution in [1.29, 1.82) is 0 Å². The van der Waals surface area contributed by atoms with Crippen LogP contribution in [0.5, 0.6) is 10.9 Å². The molecule has 0 fully saturated rings. The lowest BCUT2D eigenvalue weighted by Crippen LogP contribution is -1.95. The van der Waals surface area contributed by atoms with Gasteiger partial charge in [-0.2, -0.15) is 9.36 Å². The van der Waals surface area contributed by atoms with Crippen LogP contribution in [0, 0.1) is 20.8 Å². The van der Waals surface area contributed by atoms with Crippen LogP contribution in [-0.4, -0.2) is 15.6 Å². The topological polar surface area (TPSA) is 52.1 Å². The highest BCUT2D eigenvalue weighted by atomic mass is 32.1. The molecule has 0 N–H and O–H groups in total. The largest absolute Gasteiger partial charge is 0.430 e. The summed E-state index contributed by atoms with van der Waals surface area (Å²) in [6.07, 6.45) is 1.34.